The molecule has 0 radical (unpaired) electrons. The molecular weight excluding hydrogens is 260 g/mol. The third kappa shape index (κ3) is 3.57. The van der Waals surface area contributed by atoms with Gasteiger partial charge in [-0.2, -0.15) is 0 Å². The lowest BCUT2D eigenvalue weighted by molar-refractivity contribution is -0.144. The molecule has 2 rings (SSSR count). The van der Waals surface area contributed by atoms with E-state index in [1.807, 2.05) is 30.3 Å². The van der Waals surface area contributed by atoms with Gasteiger partial charge in [-0.05, 0) is 12.5 Å². The maximum atomic E-state index is 11.8. The first-order valence-electron chi connectivity index (χ1n) is 6.42. The summed E-state index contributed by atoms with van der Waals surface area (Å²) in [5.41, 5.74) is 1.65. The molecule has 106 valence electrons. The fourth-order valence-electron chi connectivity index (χ4n) is 1.80. The Balaban J connectivity index is 1.82. The second kappa shape index (κ2) is 6.70. The lowest BCUT2D eigenvalue weighted by atomic mass is 10.0. The number of oxime groups is 1. The number of hydrogen-bond donors (Lipinski definition) is 1. The van der Waals surface area contributed by atoms with E-state index in [4.69, 9.17) is 9.57 Å². The Morgan fingerprint density at radius 1 is 1.40 bits per heavy atom. The zero-order valence-electron chi connectivity index (χ0n) is 11.2. The number of benzene rings is 1. The van der Waals surface area contributed by atoms with Gasteiger partial charge in [0.25, 0.3) is 5.91 Å². The fraction of sp³-hybridized carbons (Fsp3) is 0.357. The number of esters is 1. The number of nitrogens with zero attached hydrogens (tertiary/aromatic N) is 1. The van der Waals surface area contributed by atoms with Gasteiger partial charge in [0.2, 0.25) is 6.10 Å². The van der Waals surface area contributed by atoms with Crippen LogP contribution in [-0.4, -0.2) is 36.8 Å². The van der Waals surface area contributed by atoms with Crippen LogP contribution in [0.25, 0.3) is 0 Å². The highest BCUT2D eigenvalue weighted by molar-refractivity contribution is 6.04. The second-order valence-electron chi connectivity index (χ2n) is 4.23. The van der Waals surface area contributed by atoms with Crippen molar-refractivity contribution in [3.05, 3.63) is 35.9 Å². The lowest BCUT2D eigenvalue weighted by Crippen LogP contribution is -2.38. The minimum Gasteiger partial charge on any atom is -0.465 e. The number of rotatable bonds is 5. The second-order valence-corrected chi connectivity index (χ2v) is 4.23. The van der Waals surface area contributed by atoms with Crippen molar-refractivity contribution >= 4 is 17.6 Å². The number of amides is 1. The summed E-state index contributed by atoms with van der Waals surface area (Å²) in [5.74, 6) is -0.837. The summed E-state index contributed by atoms with van der Waals surface area (Å²) in [4.78, 5) is 28.1. The Hall–Kier alpha value is -2.37. The Morgan fingerprint density at radius 2 is 2.15 bits per heavy atom. The highest BCUT2D eigenvalue weighted by atomic mass is 16.6. The Labute approximate surface area is 116 Å². The van der Waals surface area contributed by atoms with Crippen LogP contribution in [0, 0.1) is 0 Å². The standard InChI is InChI=1S/C14H16N2O4/c1-2-19-13(17)9-15-14(18)12-8-11(16-20-12)10-6-4-3-5-7-10/h3-7,12H,2,8-9H2,1H3,(H,15,18). The zero-order valence-corrected chi connectivity index (χ0v) is 11.2. The van der Waals surface area contributed by atoms with Crippen LogP contribution in [0.4, 0.5) is 0 Å². The van der Waals surface area contributed by atoms with Crippen LogP contribution in [-0.2, 0) is 19.2 Å². The van der Waals surface area contributed by atoms with Crippen molar-refractivity contribution in [3.63, 3.8) is 0 Å². The molecule has 1 aliphatic rings. The molecule has 6 nitrogen and oxygen atoms in total. The zero-order chi connectivity index (χ0) is 14.4. The Morgan fingerprint density at radius 3 is 2.85 bits per heavy atom. The predicted molar refractivity (Wildman–Crippen MR) is 72.1 cm³/mol. The summed E-state index contributed by atoms with van der Waals surface area (Å²) < 4.78 is 4.72. The van der Waals surface area contributed by atoms with Crippen molar-refractivity contribution in [2.24, 2.45) is 5.16 Å². The molecule has 1 N–H and O–H groups in total. The summed E-state index contributed by atoms with van der Waals surface area (Å²) >= 11 is 0. The van der Waals surface area contributed by atoms with Crippen LogP contribution < -0.4 is 5.32 Å². The summed E-state index contributed by atoms with van der Waals surface area (Å²) in [6.07, 6.45) is -0.307. The maximum Gasteiger partial charge on any atom is 0.325 e. The van der Waals surface area contributed by atoms with Gasteiger partial charge in [-0.15, -0.1) is 0 Å². The van der Waals surface area contributed by atoms with Crippen molar-refractivity contribution in [3.8, 4) is 0 Å². The molecule has 1 heterocycles. The molecule has 20 heavy (non-hydrogen) atoms. The smallest absolute Gasteiger partial charge is 0.325 e. The number of nitrogens with one attached hydrogen (secondary N) is 1. The third-order valence-corrected chi connectivity index (χ3v) is 2.78. The molecule has 1 amide bonds. The van der Waals surface area contributed by atoms with Crippen molar-refractivity contribution in [2.45, 2.75) is 19.4 Å². The summed E-state index contributed by atoms with van der Waals surface area (Å²) in [7, 11) is 0. The lowest BCUT2D eigenvalue weighted by Gasteiger charge is -2.08. The summed E-state index contributed by atoms with van der Waals surface area (Å²) in [5, 5.41) is 6.38. The third-order valence-electron chi connectivity index (χ3n) is 2.78. The van der Waals surface area contributed by atoms with Gasteiger partial charge in [0.1, 0.15) is 6.54 Å². The first-order chi connectivity index (χ1) is 9.70. The van der Waals surface area contributed by atoms with Crippen LogP contribution in [0.1, 0.15) is 18.9 Å². The quantitative estimate of drug-likeness (QED) is 0.809. The molecule has 0 spiro atoms. The largest absolute Gasteiger partial charge is 0.465 e. The molecule has 1 aliphatic heterocycles. The fourth-order valence-corrected chi connectivity index (χ4v) is 1.80. The molecule has 0 aliphatic carbocycles. The van der Waals surface area contributed by atoms with E-state index in [1.165, 1.54) is 0 Å². The number of carbonyl (C=O) groups excluding carboxylic acids is 2. The summed E-state index contributed by atoms with van der Waals surface area (Å²) in [6.45, 7) is 1.84. The SMILES string of the molecule is CCOC(=O)CNC(=O)C1CC(c2ccccc2)=NO1. The average Bonchev–Trinajstić information content (AvgIpc) is 2.96. The van der Waals surface area contributed by atoms with E-state index < -0.39 is 12.1 Å². The highest BCUT2D eigenvalue weighted by Crippen LogP contribution is 2.16. The molecule has 1 unspecified atom stereocenters. The first kappa shape index (κ1) is 14.0. The van der Waals surface area contributed by atoms with E-state index in [0.29, 0.717) is 6.42 Å². The van der Waals surface area contributed by atoms with Crippen LogP contribution in [0.15, 0.2) is 35.5 Å². The number of ether oxygens (including phenoxy) is 1. The van der Waals surface area contributed by atoms with Gasteiger partial charge >= 0.3 is 5.97 Å². The molecule has 0 bridgehead atoms. The highest BCUT2D eigenvalue weighted by Gasteiger charge is 2.28. The monoisotopic (exact) mass is 276 g/mol. The van der Waals surface area contributed by atoms with Gasteiger partial charge < -0.3 is 14.9 Å². The van der Waals surface area contributed by atoms with Crippen LogP contribution in [0.2, 0.25) is 0 Å². The minimum atomic E-state index is -0.695. The predicted octanol–water partition coefficient (Wildman–Crippen LogP) is 0.859. The van der Waals surface area contributed by atoms with Crippen LogP contribution in [0.5, 0.6) is 0 Å². The van der Waals surface area contributed by atoms with Crippen LogP contribution >= 0.6 is 0 Å². The molecule has 0 saturated carbocycles. The van der Waals surface area contributed by atoms with Gasteiger partial charge in [0.05, 0.1) is 12.3 Å². The van der Waals surface area contributed by atoms with E-state index in [-0.39, 0.29) is 19.1 Å². The van der Waals surface area contributed by atoms with Gasteiger partial charge in [0, 0.05) is 6.42 Å². The van der Waals surface area contributed by atoms with Gasteiger partial charge in [0.15, 0.2) is 0 Å². The van der Waals surface area contributed by atoms with Crippen LogP contribution in [0.3, 0.4) is 0 Å². The van der Waals surface area contributed by atoms with E-state index in [1.54, 1.807) is 6.92 Å². The van der Waals surface area contributed by atoms with Gasteiger partial charge in [-0.1, -0.05) is 35.5 Å². The van der Waals surface area contributed by atoms with Gasteiger partial charge in [-0.3, -0.25) is 9.59 Å². The van der Waals surface area contributed by atoms with Crippen molar-refractivity contribution in [2.75, 3.05) is 13.2 Å². The minimum absolute atomic E-state index is 0.160. The molecule has 6 heteroatoms. The number of carbonyl (C=O) groups is 2. The van der Waals surface area contributed by atoms with E-state index in [2.05, 4.69) is 10.5 Å². The average molecular weight is 276 g/mol. The topological polar surface area (TPSA) is 77.0 Å². The van der Waals surface area contributed by atoms with E-state index in [9.17, 15) is 9.59 Å². The van der Waals surface area contributed by atoms with Gasteiger partial charge in [-0.25, -0.2) is 0 Å². The molecular formula is C14H16N2O4. The van der Waals surface area contributed by atoms with Crippen molar-refractivity contribution < 1.29 is 19.2 Å². The first-order valence-corrected chi connectivity index (χ1v) is 6.42. The molecule has 1 aromatic carbocycles. The Kier molecular flexibility index (Phi) is 4.70. The molecule has 1 aromatic rings. The molecule has 0 fully saturated rings. The molecule has 0 aromatic heterocycles. The molecule has 1 atom stereocenters. The molecule has 0 saturated heterocycles. The van der Waals surface area contributed by atoms with Crippen molar-refractivity contribution in [1.29, 1.82) is 0 Å². The van der Waals surface area contributed by atoms with E-state index >= 15 is 0 Å². The van der Waals surface area contributed by atoms with E-state index in [0.717, 1.165) is 11.3 Å². The Bertz CT molecular complexity index is 513. The van der Waals surface area contributed by atoms with Crippen molar-refractivity contribution in [1.82, 2.24) is 5.32 Å². The maximum absolute atomic E-state index is 11.8. The number of hydrogen-bond acceptors (Lipinski definition) is 5. The summed E-state index contributed by atoms with van der Waals surface area (Å²) in [6, 6.07) is 9.50. The normalized spacial score (nSPS) is 17.1.